The summed E-state index contributed by atoms with van der Waals surface area (Å²) in [7, 11) is 0. The average Bonchev–Trinajstić information content (AvgIpc) is 2.62. The van der Waals surface area contributed by atoms with E-state index >= 15 is 0 Å². The van der Waals surface area contributed by atoms with E-state index in [1.165, 1.54) is 11.1 Å². The molecule has 2 aromatic carbocycles. The highest BCUT2D eigenvalue weighted by Crippen LogP contribution is 2.27. The van der Waals surface area contributed by atoms with Crippen molar-refractivity contribution in [3.8, 4) is 5.75 Å². The minimum Gasteiger partial charge on any atom is -0.487 e. The van der Waals surface area contributed by atoms with Crippen LogP contribution in [0.1, 0.15) is 35.6 Å². The molecule has 3 N–H and O–H groups in total. The number of hydrogen-bond donors (Lipinski definition) is 3. The van der Waals surface area contributed by atoms with Gasteiger partial charge in [0.1, 0.15) is 17.9 Å². The van der Waals surface area contributed by atoms with E-state index in [0.29, 0.717) is 23.9 Å². The van der Waals surface area contributed by atoms with Gasteiger partial charge >= 0.3 is 5.97 Å². The lowest BCUT2D eigenvalue weighted by Gasteiger charge is -2.25. The van der Waals surface area contributed by atoms with Gasteiger partial charge in [-0.25, -0.2) is 0 Å². The molecular weight excluding hydrogens is 366 g/mol. The zero-order valence-corrected chi connectivity index (χ0v) is 16.6. The second kappa shape index (κ2) is 9.22. The van der Waals surface area contributed by atoms with Gasteiger partial charge in [-0.05, 0) is 61.6 Å². The van der Waals surface area contributed by atoms with Gasteiger partial charge in [0, 0.05) is 13.2 Å². The van der Waals surface area contributed by atoms with Crippen LogP contribution in [0.15, 0.2) is 36.4 Å². The highest BCUT2D eigenvalue weighted by molar-refractivity contribution is 6.32. The number of carboxylic acid groups (broad SMARTS) is 1. The lowest BCUT2D eigenvalue weighted by Crippen LogP contribution is -2.49. The molecule has 0 saturated carbocycles. The van der Waals surface area contributed by atoms with Crippen molar-refractivity contribution in [1.29, 1.82) is 0 Å². The molecule has 0 bridgehead atoms. The molecule has 0 spiro atoms. The third-order valence-electron chi connectivity index (χ3n) is 4.86. The van der Waals surface area contributed by atoms with E-state index in [1.54, 1.807) is 19.1 Å². The topological polar surface area (TPSA) is 78.8 Å². The van der Waals surface area contributed by atoms with Gasteiger partial charge in [0.05, 0.1) is 5.02 Å². The van der Waals surface area contributed by atoms with Crippen molar-refractivity contribution < 1.29 is 19.7 Å². The molecule has 0 aliphatic rings. The number of ether oxygens (including phenoxy) is 1. The summed E-state index contributed by atoms with van der Waals surface area (Å²) in [5, 5.41) is 21.9. The van der Waals surface area contributed by atoms with Crippen LogP contribution in [0, 0.1) is 13.8 Å². The Morgan fingerprint density at radius 1 is 1.26 bits per heavy atom. The Morgan fingerprint density at radius 2 is 2.00 bits per heavy atom. The molecule has 1 atom stereocenters. The van der Waals surface area contributed by atoms with Crippen molar-refractivity contribution in [3.05, 3.63) is 63.7 Å². The number of aryl methyl sites for hydroxylation is 1. The quantitative estimate of drug-likeness (QED) is 0.605. The first-order valence-electron chi connectivity index (χ1n) is 8.82. The molecule has 0 amide bonds. The first-order valence-corrected chi connectivity index (χ1v) is 9.20. The number of aliphatic hydroxyl groups excluding tert-OH is 1. The van der Waals surface area contributed by atoms with Crippen molar-refractivity contribution in [3.63, 3.8) is 0 Å². The number of hydrogen-bond acceptors (Lipinski definition) is 4. The fourth-order valence-electron chi connectivity index (χ4n) is 2.69. The second-order valence-corrected chi connectivity index (χ2v) is 7.28. The molecule has 0 aliphatic heterocycles. The molecule has 0 saturated heterocycles. The van der Waals surface area contributed by atoms with E-state index in [9.17, 15) is 9.90 Å². The largest absolute Gasteiger partial charge is 0.487 e. The number of halogens is 1. The Morgan fingerprint density at radius 3 is 2.63 bits per heavy atom. The van der Waals surface area contributed by atoms with Crippen LogP contribution in [0.3, 0.4) is 0 Å². The number of aliphatic hydroxyl groups is 1. The summed E-state index contributed by atoms with van der Waals surface area (Å²) in [6.07, 6.45) is 0.118. The maximum atomic E-state index is 11.4. The lowest BCUT2D eigenvalue weighted by molar-refractivity contribution is -0.145. The van der Waals surface area contributed by atoms with Gasteiger partial charge in [-0.15, -0.1) is 0 Å². The monoisotopic (exact) mass is 391 g/mol. The number of carbonyl (C=O) groups is 1. The molecule has 0 radical (unpaired) electrons. The van der Waals surface area contributed by atoms with E-state index in [2.05, 4.69) is 25.2 Å². The number of benzene rings is 2. The van der Waals surface area contributed by atoms with Crippen molar-refractivity contribution in [2.45, 2.75) is 45.9 Å². The highest BCUT2D eigenvalue weighted by atomic mass is 35.5. The smallest absolute Gasteiger partial charge is 0.323 e. The summed E-state index contributed by atoms with van der Waals surface area (Å²) >= 11 is 6.33. The summed E-state index contributed by atoms with van der Waals surface area (Å²) in [5.41, 5.74) is 3.17. The normalized spacial score (nSPS) is 13.2. The molecule has 0 unspecified atom stereocenters. The third kappa shape index (κ3) is 5.45. The Labute approximate surface area is 164 Å². The van der Waals surface area contributed by atoms with Crippen LogP contribution >= 0.6 is 11.6 Å². The summed E-state index contributed by atoms with van der Waals surface area (Å²) < 4.78 is 5.86. The molecule has 146 valence electrons. The Balaban J connectivity index is 2.02. The zero-order valence-electron chi connectivity index (χ0n) is 15.9. The molecule has 6 heteroatoms. The van der Waals surface area contributed by atoms with Crippen molar-refractivity contribution >= 4 is 17.6 Å². The van der Waals surface area contributed by atoms with Crippen LogP contribution < -0.4 is 10.1 Å². The van der Waals surface area contributed by atoms with E-state index in [4.69, 9.17) is 21.4 Å². The molecular formula is C21H26ClNO4. The van der Waals surface area contributed by atoms with Gasteiger partial charge in [0.25, 0.3) is 0 Å². The standard InChI is InChI=1S/C21H26ClNO4/c1-14-5-4-6-17(15(14)2)13-27-19-8-7-16(11-18(19)22)12-23-21(3,9-10-24)20(25)26/h4-8,11,23-24H,9-10,12-13H2,1-3H3,(H,25,26)/t21-/m0/s1. The summed E-state index contributed by atoms with van der Waals surface area (Å²) in [6, 6.07) is 11.5. The summed E-state index contributed by atoms with van der Waals surface area (Å²) in [4.78, 5) is 11.4. The molecule has 0 aliphatic carbocycles. The molecule has 27 heavy (non-hydrogen) atoms. The molecule has 5 nitrogen and oxygen atoms in total. The van der Waals surface area contributed by atoms with E-state index in [-0.39, 0.29) is 13.0 Å². The lowest BCUT2D eigenvalue weighted by atomic mass is 9.98. The third-order valence-corrected chi connectivity index (χ3v) is 5.16. The second-order valence-electron chi connectivity index (χ2n) is 6.88. The Hall–Kier alpha value is -2.08. The number of rotatable bonds is 9. The van der Waals surface area contributed by atoms with Gasteiger partial charge in [-0.3, -0.25) is 10.1 Å². The fraction of sp³-hybridized carbons (Fsp3) is 0.381. The van der Waals surface area contributed by atoms with E-state index in [0.717, 1.165) is 11.1 Å². The van der Waals surface area contributed by atoms with Gasteiger partial charge in [-0.2, -0.15) is 0 Å². The van der Waals surface area contributed by atoms with Gasteiger partial charge in [-0.1, -0.05) is 35.9 Å². The minimum atomic E-state index is -1.20. The zero-order chi connectivity index (χ0) is 20.0. The van der Waals surface area contributed by atoms with Gasteiger partial charge < -0.3 is 14.9 Å². The van der Waals surface area contributed by atoms with Crippen LogP contribution in [-0.4, -0.2) is 28.3 Å². The first kappa shape index (κ1) is 21.2. The van der Waals surface area contributed by atoms with Crippen LogP contribution in [0.25, 0.3) is 0 Å². The van der Waals surface area contributed by atoms with E-state index < -0.39 is 11.5 Å². The molecule has 0 heterocycles. The maximum Gasteiger partial charge on any atom is 0.323 e. The molecule has 0 aromatic heterocycles. The number of carboxylic acids is 1. The fourth-order valence-corrected chi connectivity index (χ4v) is 2.94. The van der Waals surface area contributed by atoms with Gasteiger partial charge in [0.2, 0.25) is 0 Å². The molecule has 2 aromatic rings. The highest BCUT2D eigenvalue weighted by Gasteiger charge is 2.31. The number of aliphatic carboxylic acids is 1. The van der Waals surface area contributed by atoms with Crippen molar-refractivity contribution in [2.24, 2.45) is 0 Å². The first-order chi connectivity index (χ1) is 12.8. The van der Waals surface area contributed by atoms with Crippen molar-refractivity contribution in [1.82, 2.24) is 5.32 Å². The molecule has 2 rings (SSSR count). The minimum absolute atomic E-state index is 0.118. The predicted molar refractivity (Wildman–Crippen MR) is 106 cm³/mol. The van der Waals surface area contributed by atoms with Crippen molar-refractivity contribution in [2.75, 3.05) is 6.61 Å². The Bertz CT molecular complexity index is 809. The summed E-state index contributed by atoms with van der Waals surface area (Å²) in [5.74, 6) is -0.422. The van der Waals surface area contributed by atoms with Crippen LogP contribution in [-0.2, 0) is 17.9 Å². The SMILES string of the molecule is Cc1cccc(COc2ccc(CN[C@@](C)(CCO)C(=O)O)cc2Cl)c1C. The number of nitrogens with one attached hydrogen (secondary N) is 1. The average molecular weight is 392 g/mol. The van der Waals surface area contributed by atoms with Crippen LogP contribution in [0.4, 0.5) is 0 Å². The van der Waals surface area contributed by atoms with Gasteiger partial charge in [0.15, 0.2) is 0 Å². The van der Waals surface area contributed by atoms with Crippen LogP contribution in [0.5, 0.6) is 5.75 Å². The predicted octanol–water partition coefficient (Wildman–Crippen LogP) is 3.85. The van der Waals surface area contributed by atoms with E-state index in [1.807, 2.05) is 18.2 Å². The summed E-state index contributed by atoms with van der Waals surface area (Å²) in [6.45, 7) is 6.22. The van der Waals surface area contributed by atoms with Crippen LogP contribution in [0.2, 0.25) is 5.02 Å². The maximum absolute atomic E-state index is 11.4. The molecule has 0 fully saturated rings. The Kier molecular flexibility index (Phi) is 7.25.